The topological polar surface area (TPSA) is 53.5 Å². The molecule has 0 bridgehead atoms. The van der Waals surface area contributed by atoms with Crippen LogP contribution in [-0.4, -0.2) is 18.3 Å². The van der Waals surface area contributed by atoms with Crippen LogP contribution in [-0.2, 0) is 4.79 Å². The number of hydrogen-bond acceptors (Lipinski definition) is 3. The number of nitrogens with one attached hydrogen (secondary N) is 2. The Morgan fingerprint density at radius 3 is 3.50 bits per heavy atom. The monoisotopic (exact) mass is 139 g/mol. The summed E-state index contributed by atoms with van der Waals surface area (Å²) >= 11 is 0. The normalized spacial score (nSPS) is 36.6. The van der Waals surface area contributed by atoms with Gasteiger partial charge in [-0.2, -0.15) is 5.10 Å². The van der Waals surface area contributed by atoms with Crippen molar-refractivity contribution in [1.29, 1.82) is 0 Å². The van der Waals surface area contributed by atoms with Crippen LogP contribution in [0, 0.1) is 5.92 Å². The molecular weight excluding hydrogens is 130 g/mol. The molecule has 1 saturated heterocycles. The van der Waals surface area contributed by atoms with E-state index in [0.29, 0.717) is 12.3 Å². The van der Waals surface area contributed by atoms with Gasteiger partial charge in [0.1, 0.15) is 6.17 Å². The highest BCUT2D eigenvalue weighted by Crippen LogP contribution is 2.16. The molecule has 4 nitrogen and oxygen atoms in total. The third kappa shape index (κ3) is 0.761. The van der Waals surface area contributed by atoms with E-state index in [9.17, 15) is 4.79 Å². The zero-order chi connectivity index (χ0) is 6.97. The van der Waals surface area contributed by atoms with Gasteiger partial charge in [0.25, 0.3) is 0 Å². The number of piperidine rings is 1. The molecule has 1 amide bonds. The second-order valence-electron chi connectivity index (χ2n) is 2.65. The SMILES string of the molecule is O=C1CCC2C=NNC2N1. The van der Waals surface area contributed by atoms with E-state index in [0.717, 1.165) is 6.42 Å². The van der Waals surface area contributed by atoms with Gasteiger partial charge in [-0.3, -0.25) is 10.2 Å². The number of fused-ring (bicyclic) bond motifs is 1. The molecule has 0 aromatic heterocycles. The standard InChI is InChI=1S/C6H9N3O/c10-5-2-1-4-3-7-9-6(4)8-5/h3-4,6,9H,1-2H2,(H,8,10). The molecule has 2 aliphatic rings. The fourth-order valence-corrected chi connectivity index (χ4v) is 1.32. The summed E-state index contributed by atoms with van der Waals surface area (Å²) in [5.41, 5.74) is 2.83. The first-order valence-corrected chi connectivity index (χ1v) is 3.44. The van der Waals surface area contributed by atoms with E-state index in [4.69, 9.17) is 0 Å². The molecule has 0 aliphatic carbocycles. The summed E-state index contributed by atoms with van der Waals surface area (Å²) in [5.74, 6) is 0.539. The van der Waals surface area contributed by atoms with Crippen LogP contribution in [0.3, 0.4) is 0 Å². The van der Waals surface area contributed by atoms with E-state index in [1.165, 1.54) is 0 Å². The number of hydrazone groups is 1. The number of rotatable bonds is 0. The molecule has 1 fully saturated rings. The van der Waals surface area contributed by atoms with Crippen molar-refractivity contribution in [2.45, 2.75) is 19.0 Å². The van der Waals surface area contributed by atoms with Gasteiger partial charge in [-0.15, -0.1) is 0 Å². The molecule has 2 heterocycles. The van der Waals surface area contributed by atoms with Crippen molar-refractivity contribution in [3.05, 3.63) is 0 Å². The Kier molecular flexibility index (Phi) is 1.12. The molecule has 4 heteroatoms. The molecule has 2 aliphatic heterocycles. The van der Waals surface area contributed by atoms with Gasteiger partial charge >= 0.3 is 0 Å². The predicted molar refractivity (Wildman–Crippen MR) is 36.3 cm³/mol. The van der Waals surface area contributed by atoms with Crippen molar-refractivity contribution in [1.82, 2.24) is 10.7 Å². The Hall–Kier alpha value is -1.06. The van der Waals surface area contributed by atoms with Gasteiger partial charge in [0.2, 0.25) is 5.91 Å². The van der Waals surface area contributed by atoms with E-state index in [-0.39, 0.29) is 12.1 Å². The van der Waals surface area contributed by atoms with Crippen molar-refractivity contribution in [3.63, 3.8) is 0 Å². The summed E-state index contributed by atoms with van der Waals surface area (Å²) in [6.07, 6.45) is 3.49. The Bertz CT molecular complexity index is 189. The van der Waals surface area contributed by atoms with Gasteiger partial charge in [0, 0.05) is 18.6 Å². The molecular formula is C6H9N3O. The number of hydrogen-bond donors (Lipinski definition) is 2. The average molecular weight is 139 g/mol. The Morgan fingerprint density at radius 2 is 2.60 bits per heavy atom. The minimum Gasteiger partial charge on any atom is -0.334 e. The van der Waals surface area contributed by atoms with Crippen LogP contribution < -0.4 is 10.7 Å². The van der Waals surface area contributed by atoms with Gasteiger partial charge in [-0.05, 0) is 6.42 Å². The molecule has 10 heavy (non-hydrogen) atoms. The molecule has 0 aromatic carbocycles. The van der Waals surface area contributed by atoms with Gasteiger partial charge < -0.3 is 5.32 Å². The van der Waals surface area contributed by atoms with E-state index < -0.39 is 0 Å². The van der Waals surface area contributed by atoms with Crippen molar-refractivity contribution in [2.75, 3.05) is 0 Å². The van der Waals surface area contributed by atoms with E-state index in [2.05, 4.69) is 15.8 Å². The maximum atomic E-state index is 10.8. The molecule has 0 spiro atoms. The minimum atomic E-state index is 0.0706. The van der Waals surface area contributed by atoms with Crippen LogP contribution in [0.25, 0.3) is 0 Å². The summed E-state index contributed by atoms with van der Waals surface area (Å²) in [4.78, 5) is 10.8. The molecule has 0 saturated carbocycles. The second-order valence-corrected chi connectivity index (χ2v) is 2.65. The highest BCUT2D eigenvalue weighted by Gasteiger charge is 2.29. The molecule has 54 valence electrons. The van der Waals surface area contributed by atoms with Crippen molar-refractivity contribution < 1.29 is 4.79 Å². The lowest BCUT2D eigenvalue weighted by Gasteiger charge is -2.24. The van der Waals surface area contributed by atoms with Gasteiger partial charge in [-0.25, -0.2) is 0 Å². The second kappa shape index (κ2) is 1.97. The van der Waals surface area contributed by atoms with E-state index >= 15 is 0 Å². The number of carbonyl (C=O) groups is 1. The van der Waals surface area contributed by atoms with Crippen LogP contribution >= 0.6 is 0 Å². The maximum absolute atomic E-state index is 10.8. The largest absolute Gasteiger partial charge is 0.334 e. The van der Waals surface area contributed by atoms with Crippen molar-refractivity contribution in [2.24, 2.45) is 11.0 Å². The fraction of sp³-hybridized carbons (Fsp3) is 0.667. The van der Waals surface area contributed by atoms with E-state index in [1.807, 2.05) is 6.21 Å². The predicted octanol–water partition coefficient (Wildman–Crippen LogP) is -0.572. The summed E-state index contributed by atoms with van der Waals surface area (Å²) in [7, 11) is 0. The smallest absolute Gasteiger partial charge is 0.221 e. The van der Waals surface area contributed by atoms with Crippen LogP contribution in [0.5, 0.6) is 0 Å². The van der Waals surface area contributed by atoms with Crippen molar-refractivity contribution in [3.8, 4) is 0 Å². The Morgan fingerprint density at radius 1 is 1.70 bits per heavy atom. The molecule has 0 radical (unpaired) electrons. The highest BCUT2D eigenvalue weighted by molar-refractivity contribution is 5.79. The lowest BCUT2D eigenvalue weighted by Crippen LogP contribution is -2.48. The lowest BCUT2D eigenvalue weighted by molar-refractivity contribution is -0.123. The molecule has 0 aromatic rings. The molecule has 2 N–H and O–H groups in total. The Labute approximate surface area is 58.7 Å². The van der Waals surface area contributed by atoms with Crippen LogP contribution in [0.4, 0.5) is 0 Å². The Balaban J connectivity index is 2.07. The average Bonchev–Trinajstić information content (AvgIpc) is 2.33. The number of carbonyl (C=O) groups excluding carboxylic acids is 1. The highest BCUT2D eigenvalue weighted by atomic mass is 16.1. The minimum absolute atomic E-state index is 0.0706. The van der Waals surface area contributed by atoms with Crippen LogP contribution in [0.15, 0.2) is 5.10 Å². The number of amides is 1. The third-order valence-electron chi connectivity index (χ3n) is 1.93. The summed E-state index contributed by atoms with van der Waals surface area (Å²) in [6.45, 7) is 0. The van der Waals surface area contributed by atoms with Crippen molar-refractivity contribution >= 4 is 12.1 Å². The third-order valence-corrected chi connectivity index (χ3v) is 1.93. The summed E-state index contributed by atoms with van der Waals surface area (Å²) in [6, 6.07) is 0. The van der Waals surface area contributed by atoms with Gasteiger partial charge in [-0.1, -0.05) is 0 Å². The summed E-state index contributed by atoms with van der Waals surface area (Å²) in [5, 5.41) is 6.68. The van der Waals surface area contributed by atoms with Crippen LogP contribution in [0.1, 0.15) is 12.8 Å². The molecule has 2 unspecified atom stereocenters. The zero-order valence-electron chi connectivity index (χ0n) is 5.50. The van der Waals surface area contributed by atoms with Crippen LogP contribution in [0.2, 0.25) is 0 Å². The number of nitrogens with zero attached hydrogens (tertiary/aromatic N) is 1. The van der Waals surface area contributed by atoms with Gasteiger partial charge in [0.05, 0.1) is 0 Å². The quantitative estimate of drug-likeness (QED) is 0.472. The summed E-state index contributed by atoms with van der Waals surface area (Å²) < 4.78 is 0. The zero-order valence-corrected chi connectivity index (χ0v) is 5.50. The lowest BCUT2D eigenvalue weighted by atomic mass is 9.98. The fourth-order valence-electron chi connectivity index (χ4n) is 1.32. The molecule has 2 rings (SSSR count). The van der Waals surface area contributed by atoms with E-state index in [1.54, 1.807) is 0 Å². The first-order valence-electron chi connectivity index (χ1n) is 3.44. The maximum Gasteiger partial charge on any atom is 0.221 e. The van der Waals surface area contributed by atoms with Gasteiger partial charge in [0.15, 0.2) is 0 Å². The first-order chi connectivity index (χ1) is 4.86. The molecule has 2 atom stereocenters. The first kappa shape index (κ1) is 5.70.